The van der Waals surface area contributed by atoms with Crippen LogP contribution < -0.4 is 10.4 Å². The fourth-order valence-corrected chi connectivity index (χ4v) is 11.2. The van der Waals surface area contributed by atoms with E-state index in [2.05, 4.69) is 147 Å². The van der Waals surface area contributed by atoms with Crippen LogP contribution in [-0.2, 0) is 6.42 Å². The third-order valence-electron chi connectivity index (χ3n) is 9.90. The van der Waals surface area contributed by atoms with Crippen molar-refractivity contribution in [3.63, 3.8) is 0 Å². The molecule has 0 fully saturated rings. The van der Waals surface area contributed by atoms with Crippen molar-refractivity contribution in [1.29, 1.82) is 0 Å². The van der Waals surface area contributed by atoms with Crippen molar-refractivity contribution >= 4 is 72.3 Å². The highest BCUT2D eigenvalue weighted by molar-refractivity contribution is 7.01. The molecule has 0 spiro atoms. The SMILES string of the molecule is C[Si]1(C)c2ccccc2Cc2ccc(-c3ccc4c5ccccc5c5c6ccccc6c6ccccc6c5c4c3)cc21. The van der Waals surface area contributed by atoms with Gasteiger partial charge in [-0.05, 0) is 88.6 Å². The number of rotatable bonds is 1. The van der Waals surface area contributed by atoms with Gasteiger partial charge in [0.15, 0.2) is 0 Å². The van der Waals surface area contributed by atoms with E-state index in [0.717, 1.165) is 6.42 Å². The minimum Gasteiger partial charge on any atom is -0.0623 e. The third-order valence-corrected chi connectivity index (χ3v) is 13.5. The van der Waals surface area contributed by atoms with Crippen LogP contribution in [0.15, 0.2) is 133 Å². The van der Waals surface area contributed by atoms with Crippen LogP contribution in [0.4, 0.5) is 0 Å². The highest BCUT2D eigenvalue weighted by Crippen LogP contribution is 2.44. The first kappa shape index (κ1) is 23.9. The van der Waals surface area contributed by atoms with E-state index in [1.54, 1.807) is 10.4 Å². The van der Waals surface area contributed by atoms with Gasteiger partial charge < -0.3 is 0 Å². The molecule has 0 saturated carbocycles. The molecule has 1 aliphatic rings. The summed E-state index contributed by atoms with van der Waals surface area (Å²) in [5, 5.41) is 16.5. The lowest BCUT2D eigenvalue weighted by atomic mass is 9.86. The maximum Gasteiger partial charge on any atom is 0.112 e. The summed E-state index contributed by atoms with van der Waals surface area (Å²) >= 11 is 0. The summed E-state index contributed by atoms with van der Waals surface area (Å²) in [6, 6.07) is 50.4. The fraction of sp³-hybridized carbons (Fsp3) is 0.0732. The van der Waals surface area contributed by atoms with Crippen LogP contribution in [0.25, 0.3) is 65.0 Å². The van der Waals surface area contributed by atoms with E-state index in [0.29, 0.717) is 0 Å². The predicted octanol–water partition coefficient (Wildman–Crippen LogP) is 9.85. The zero-order valence-electron chi connectivity index (χ0n) is 23.9. The summed E-state index contributed by atoms with van der Waals surface area (Å²) in [5.74, 6) is 0. The van der Waals surface area contributed by atoms with Gasteiger partial charge in [-0.2, -0.15) is 0 Å². The molecule has 198 valence electrons. The molecule has 42 heavy (non-hydrogen) atoms. The predicted molar refractivity (Wildman–Crippen MR) is 185 cm³/mol. The Balaban J connectivity index is 1.38. The highest BCUT2D eigenvalue weighted by atomic mass is 28.3. The van der Waals surface area contributed by atoms with Gasteiger partial charge in [-0.25, -0.2) is 0 Å². The van der Waals surface area contributed by atoms with Crippen molar-refractivity contribution in [3.05, 3.63) is 145 Å². The number of benzene rings is 8. The fourth-order valence-electron chi connectivity index (χ4n) is 7.93. The molecule has 0 unspecified atom stereocenters. The Morgan fingerprint density at radius 3 is 1.48 bits per heavy atom. The Morgan fingerprint density at radius 2 is 0.833 bits per heavy atom. The van der Waals surface area contributed by atoms with Gasteiger partial charge in [0.1, 0.15) is 8.07 Å². The minimum absolute atomic E-state index is 1.04. The van der Waals surface area contributed by atoms with E-state index >= 15 is 0 Å². The van der Waals surface area contributed by atoms with Crippen molar-refractivity contribution in [2.24, 2.45) is 0 Å². The normalized spacial score (nSPS) is 14.0. The number of hydrogen-bond donors (Lipinski definition) is 0. The minimum atomic E-state index is -1.80. The molecule has 0 bridgehead atoms. The monoisotopic (exact) mass is 550 g/mol. The lowest BCUT2D eigenvalue weighted by molar-refractivity contribution is 1.20. The van der Waals surface area contributed by atoms with Crippen LogP contribution in [0.5, 0.6) is 0 Å². The van der Waals surface area contributed by atoms with Gasteiger partial charge in [0.2, 0.25) is 0 Å². The number of fused-ring (bicyclic) bond motifs is 13. The molecule has 0 amide bonds. The molecule has 0 aromatic heterocycles. The first-order valence-corrected chi connectivity index (χ1v) is 18.0. The highest BCUT2D eigenvalue weighted by Gasteiger charge is 2.34. The molecule has 1 aliphatic heterocycles. The Bertz CT molecular complexity index is 2390. The van der Waals surface area contributed by atoms with Crippen LogP contribution in [0, 0.1) is 0 Å². The van der Waals surface area contributed by atoms with Crippen molar-refractivity contribution in [1.82, 2.24) is 0 Å². The van der Waals surface area contributed by atoms with Crippen LogP contribution >= 0.6 is 0 Å². The summed E-state index contributed by atoms with van der Waals surface area (Å²) in [6.07, 6.45) is 1.04. The second kappa shape index (κ2) is 8.64. The largest absolute Gasteiger partial charge is 0.112 e. The van der Waals surface area contributed by atoms with Crippen molar-refractivity contribution in [2.45, 2.75) is 19.5 Å². The van der Waals surface area contributed by atoms with E-state index in [-0.39, 0.29) is 0 Å². The Morgan fingerprint density at radius 1 is 0.381 bits per heavy atom. The van der Waals surface area contributed by atoms with E-state index < -0.39 is 8.07 Å². The summed E-state index contributed by atoms with van der Waals surface area (Å²) in [7, 11) is -1.80. The van der Waals surface area contributed by atoms with E-state index in [9.17, 15) is 0 Å². The van der Waals surface area contributed by atoms with E-state index in [1.165, 1.54) is 76.1 Å². The second-order valence-electron chi connectivity index (χ2n) is 12.5. The smallest absolute Gasteiger partial charge is 0.0623 e. The lowest BCUT2D eigenvalue weighted by Crippen LogP contribution is -2.58. The molecule has 0 atom stereocenters. The quantitative estimate of drug-likeness (QED) is 0.141. The topological polar surface area (TPSA) is 0 Å². The molecular formula is C41H30Si. The van der Waals surface area contributed by atoms with Gasteiger partial charge in [-0.3, -0.25) is 0 Å². The molecule has 1 heterocycles. The Kier molecular flexibility index (Phi) is 4.92. The third kappa shape index (κ3) is 3.23. The second-order valence-corrected chi connectivity index (χ2v) is 16.8. The van der Waals surface area contributed by atoms with Crippen LogP contribution in [0.2, 0.25) is 13.1 Å². The van der Waals surface area contributed by atoms with Crippen LogP contribution in [0.1, 0.15) is 11.1 Å². The Hall–Kier alpha value is -4.72. The first-order valence-electron chi connectivity index (χ1n) is 15.0. The molecule has 0 N–H and O–H groups in total. The summed E-state index contributed by atoms with van der Waals surface area (Å²) in [5.41, 5.74) is 5.63. The standard InChI is InChI=1S/C41H30Si/c1-42(2)38-18-10-3-11-28(38)23-29-20-19-27(25-39(29)42)26-21-22-33-32-14-6-8-16-35(32)40-34-15-7-4-12-30(34)31-13-5-9-17-36(31)41(40)37(33)24-26/h3-22,24-25H,23H2,1-2H3. The molecule has 8 aromatic carbocycles. The van der Waals surface area contributed by atoms with Crippen molar-refractivity contribution in [3.8, 4) is 11.1 Å². The maximum absolute atomic E-state index is 2.52. The van der Waals surface area contributed by atoms with Gasteiger partial charge in [-0.15, -0.1) is 0 Å². The van der Waals surface area contributed by atoms with Gasteiger partial charge in [0.05, 0.1) is 0 Å². The van der Waals surface area contributed by atoms with E-state index in [1.807, 2.05) is 0 Å². The Labute approximate surface area is 246 Å². The molecule has 0 aliphatic carbocycles. The van der Waals surface area contributed by atoms with E-state index in [4.69, 9.17) is 0 Å². The van der Waals surface area contributed by atoms with Crippen molar-refractivity contribution < 1.29 is 0 Å². The van der Waals surface area contributed by atoms with Gasteiger partial charge in [0, 0.05) is 0 Å². The maximum atomic E-state index is 2.52. The van der Waals surface area contributed by atoms with Gasteiger partial charge in [-0.1, -0.05) is 151 Å². The van der Waals surface area contributed by atoms with Crippen LogP contribution in [0.3, 0.4) is 0 Å². The molecule has 0 nitrogen and oxygen atoms in total. The zero-order valence-corrected chi connectivity index (χ0v) is 24.9. The molecule has 1 heteroatoms. The average Bonchev–Trinajstić information content (AvgIpc) is 3.04. The average molecular weight is 551 g/mol. The summed E-state index contributed by atoms with van der Waals surface area (Å²) < 4.78 is 0. The number of hydrogen-bond acceptors (Lipinski definition) is 0. The molecule has 9 rings (SSSR count). The lowest BCUT2D eigenvalue weighted by Gasteiger charge is -2.34. The summed E-state index contributed by atoms with van der Waals surface area (Å²) in [6.45, 7) is 5.04. The molecule has 8 aromatic rings. The van der Waals surface area contributed by atoms with Gasteiger partial charge >= 0.3 is 0 Å². The summed E-state index contributed by atoms with van der Waals surface area (Å²) in [4.78, 5) is 0. The van der Waals surface area contributed by atoms with Crippen LogP contribution in [-0.4, -0.2) is 8.07 Å². The van der Waals surface area contributed by atoms with Crippen molar-refractivity contribution in [2.75, 3.05) is 0 Å². The van der Waals surface area contributed by atoms with Gasteiger partial charge in [0.25, 0.3) is 0 Å². The zero-order chi connectivity index (χ0) is 28.0. The first-order chi connectivity index (χ1) is 20.6. The molecule has 0 saturated heterocycles. The molecule has 0 radical (unpaired) electrons. The molecular weight excluding hydrogens is 521 g/mol.